The minimum absolute atomic E-state index is 0.0153. The van der Waals surface area contributed by atoms with Crippen LogP contribution in [0.2, 0.25) is 0 Å². The quantitative estimate of drug-likeness (QED) is 0.874. The third kappa shape index (κ3) is 2.77. The van der Waals surface area contributed by atoms with Gasteiger partial charge in [-0.3, -0.25) is 14.3 Å². The molecule has 0 aliphatic carbocycles. The molecule has 1 aromatic heterocycles. The zero-order chi connectivity index (χ0) is 20.1. The predicted octanol–water partition coefficient (Wildman–Crippen LogP) is 2.63. The molecule has 2 amide bonds. The van der Waals surface area contributed by atoms with Crippen molar-refractivity contribution >= 4 is 23.2 Å². The van der Waals surface area contributed by atoms with Gasteiger partial charge in [0.1, 0.15) is 5.69 Å². The number of carbonyl (C=O) groups excluding carboxylic acids is 2. The van der Waals surface area contributed by atoms with Crippen LogP contribution in [0.4, 0.5) is 20.2 Å². The molecule has 0 unspecified atom stereocenters. The van der Waals surface area contributed by atoms with Gasteiger partial charge >= 0.3 is 0 Å². The average molecular weight is 390 g/mol. The molecule has 1 spiro atoms. The smallest absolute Gasteiger partial charge is 0.282 e. The number of nitrogens with zero attached hydrogens (tertiary/aromatic N) is 3. The lowest BCUT2D eigenvalue weighted by atomic mass is 9.75. The van der Waals surface area contributed by atoms with Crippen LogP contribution < -0.4 is 10.2 Å². The molecule has 2 aliphatic rings. The van der Waals surface area contributed by atoms with Crippen LogP contribution in [0.3, 0.4) is 0 Å². The molecule has 1 aromatic carbocycles. The van der Waals surface area contributed by atoms with Gasteiger partial charge in [0.05, 0.1) is 11.0 Å². The van der Waals surface area contributed by atoms with E-state index in [9.17, 15) is 18.4 Å². The molecule has 0 radical (unpaired) electrons. The molecule has 1 saturated heterocycles. The number of aromatic nitrogens is 2. The minimum atomic E-state index is -2.85. The summed E-state index contributed by atoms with van der Waals surface area (Å²) in [6.07, 6.45) is -0.447. The summed E-state index contributed by atoms with van der Waals surface area (Å²) in [4.78, 5) is 27.1. The third-order valence-electron chi connectivity index (χ3n) is 5.50. The standard InChI is InChI=1S/C19H20F2N4O3/c1-24-10-12(15(23-24)16(20)21)17(26)22-11-3-4-14-13(9-11)19(18(27)25(14)2)5-7-28-8-6-19/h3-4,9-10,16H,5-8H2,1-2H3,(H,22,26). The Morgan fingerprint density at radius 1 is 1.29 bits per heavy atom. The number of benzene rings is 1. The Morgan fingerprint density at radius 3 is 2.68 bits per heavy atom. The molecule has 28 heavy (non-hydrogen) atoms. The lowest BCUT2D eigenvalue weighted by Crippen LogP contribution is -2.42. The monoisotopic (exact) mass is 390 g/mol. The zero-order valence-electron chi connectivity index (χ0n) is 15.5. The summed E-state index contributed by atoms with van der Waals surface area (Å²) in [5, 5.41) is 6.32. The second kappa shape index (κ2) is 6.66. The van der Waals surface area contributed by atoms with Crippen molar-refractivity contribution in [2.75, 3.05) is 30.5 Å². The first-order chi connectivity index (χ1) is 13.3. The van der Waals surface area contributed by atoms with E-state index < -0.39 is 23.4 Å². The number of ether oxygens (including phenoxy) is 1. The van der Waals surface area contributed by atoms with Crippen LogP contribution in [0.15, 0.2) is 24.4 Å². The molecule has 2 aromatic rings. The van der Waals surface area contributed by atoms with Crippen molar-refractivity contribution < 1.29 is 23.1 Å². The Balaban J connectivity index is 1.67. The summed E-state index contributed by atoms with van der Waals surface area (Å²) in [6.45, 7) is 0.978. The number of nitrogens with one attached hydrogen (secondary N) is 1. The Labute approximate surface area is 160 Å². The van der Waals surface area contributed by atoms with E-state index >= 15 is 0 Å². The number of halogens is 2. The van der Waals surface area contributed by atoms with Crippen molar-refractivity contribution in [3.8, 4) is 0 Å². The van der Waals surface area contributed by atoms with Crippen LogP contribution in [-0.4, -0.2) is 41.9 Å². The fraction of sp³-hybridized carbons (Fsp3) is 0.421. The first-order valence-corrected chi connectivity index (χ1v) is 8.97. The second-order valence-electron chi connectivity index (χ2n) is 7.15. The minimum Gasteiger partial charge on any atom is -0.381 e. The molecular formula is C19H20F2N4O3. The van der Waals surface area contributed by atoms with Gasteiger partial charge < -0.3 is 15.0 Å². The molecule has 148 valence electrons. The molecule has 1 N–H and O–H groups in total. The highest BCUT2D eigenvalue weighted by Gasteiger charge is 2.50. The average Bonchev–Trinajstić information content (AvgIpc) is 3.16. The van der Waals surface area contributed by atoms with Crippen LogP contribution in [-0.2, 0) is 22.0 Å². The second-order valence-corrected chi connectivity index (χ2v) is 7.15. The summed E-state index contributed by atoms with van der Waals surface area (Å²) in [6, 6.07) is 5.19. The molecule has 7 nitrogen and oxygen atoms in total. The fourth-order valence-corrected chi connectivity index (χ4v) is 4.08. The van der Waals surface area contributed by atoms with Crippen LogP contribution in [0.5, 0.6) is 0 Å². The van der Waals surface area contributed by atoms with Gasteiger partial charge in [-0.25, -0.2) is 8.78 Å². The Morgan fingerprint density at radius 2 is 2.00 bits per heavy atom. The first kappa shape index (κ1) is 18.5. The number of alkyl halides is 2. The molecule has 1 fully saturated rings. The lowest BCUT2D eigenvalue weighted by Gasteiger charge is -2.32. The summed E-state index contributed by atoms with van der Waals surface area (Å²) < 4.78 is 32.9. The predicted molar refractivity (Wildman–Crippen MR) is 97.7 cm³/mol. The van der Waals surface area contributed by atoms with E-state index in [1.165, 1.54) is 17.9 Å². The molecule has 0 bridgehead atoms. The van der Waals surface area contributed by atoms with Crippen molar-refractivity contribution in [2.45, 2.75) is 24.7 Å². The summed E-state index contributed by atoms with van der Waals surface area (Å²) in [5.41, 5.74) is 0.678. The first-order valence-electron chi connectivity index (χ1n) is 8.97. The largest absolute Gasteiger partial charge is 0.381 e. The highest BCUT2D eigenvalue weighted by Crippen LogP contribution is 2.48. The topological polar surface area (TPSA) is 76.5 Å². The van der Waals surface area contributed by atoms with Gasteiger partial charge in [-0.1, -0.05) is 0 Å². The number of hydrogen-bond acceptors (Lipinski definition) is 4. The highest BCUT2D eigenvalue weighted by molar-refractivity contribution is 6.09. The van der Waals surface area contributed by atoms with Gasteiger partial charge in [-0.15, -0.1) is 0 Å². The van der Waals surface area contributed by atoms with E-state index in [1.54, 1.807) is 30.1 Å². The van der Waals surface area contributed by atoms with Gasteiger partial charge in [0.2, 0.25) is 5.91 Å². The molecule has 0 saturated carbocycles. The van der Waals surface area contributed by atoms with Crippen LogP contribution >= 0.6 is 0 Å². The van der Waals surface area contributed by atoms with Gasteiger partial charge in [0.15, 0.2) is 0 Å². The van der Waals surface area contributed by atoms with E-state index in [4.69, 9.17) is 4.74 Å². The maximum atomic E-state index is 13.1. The highest BCUT2D eigenvalue weighted by atomic mass is 19.3. The molecule has 9 heteroatoms. The number of amides is 2. The van der Waals surface area contributed by atoms with Crippen LogP contribution in [0.25, 0.3) is 0 Å². The Bertz CT molecular complexity index is 951. The third-order valence-corrected chi connectivity index (χ3v) is 5.50. The molecule has 4 rings (SSSR count). The van der Waals surface area contributed by atoms with Crippen molar-refractivity contribution in [1.29, 1.82) is 0 Å². The zero-order valence-corrected chi connectivity index (χ0v) is 15.5. The summed E-state index contributed by atoms with van der Waals surface area (Å²) >= 11 is 0. The van der Waals surface area contributed by atoms with E-state index in [2.05, 4.69) is 10.4 Å². The Kier molecular flexibility index (Phi) is 4.41. The van der Waals surface area contributed by atoms with E-state index in [1.807, 2.05) is 0 Å². The number of aryl methyl sites for hydroxylation is 1. The lowest BCUT2D eigenvalue weighted by molar-refractivity contribution is -0.126. The van der Waals surface area contributed by atoms with Crippen molar-refractivity contribution in [1.82, 2.24) is 9.78 Å². The van der Waals surface area contributed by atoms with Crippen LogP contribution in [0.1, 0.15) is 40.9 Å². The van der Waals surface area contributed by atoms with Crippen molar-refractivity contribution in [3.63, 3.8) is 0 Å². The maximum Gasteiger partial charge on any atom is 0.282 e. The van der Waals surface area contributed by atoms with Crippen molar-refractivity contribution in [3.05, 3.63) is 41.2 Å². The fourth-order valence-electron chi connectivity index (χ4n) is 4.08. The number of hydrogen-bond donors (Lipinski definition) is 1. The number of carbonyl (C=O) groups is 2. The van der Waals surface area contributed by atoms with E-state index in [-0.39, 0.29) is 11.5 Å². The summed E-state index contributed by atoms with van der Waals surface area (Å²) in [7, 11) is 3.21. The van der Waals surface area contributed by atoms with Gasteiger partial charge in [-0.2, -0.15) is 5.10 Å². The number of anilines is 2. The Hall–Kier alpha value is -2.81. The van der Waals surface area contributed by atoms with Gasteiger partial charge in [0.25, 0.3) is 12.3 Å². The molecule has 0 atom stereocenters. The molecular weight excluding hydrogens is 370 g/mol. The van der Waals surface area contributed by atoms with Gasteiger partial charge in [0, 0.05) is 44.9 Å². The van der Waals surface area contributed by atoms with Crippen molar-refractivity contribution in [2.24, 2.45) is 7.05 Å². The number of fused-ring (bicyclic) bond motifs is 2. The SMILES string of the molecule is CN1C(=O)C2(CCOCC2)c2cc(NC(=O)c3cn(C)nc3C(F)F)ccc21. The van der Waals surface area contributed by atoms with E-state index in [0.29, 0.717) is 31.7 Å². The summed E-state index contributed by atoms with van der Waals surface area (Å²) in [5.74, 6) is -0.649. The van der Waals surface area contributed by atoms with Gasteiger partial charge in [-0.05, 0) is 36.6 Å². The number of rotatable bonds is 3. The normalized spacial score (nSPS) is 18.0. The molecule has 2 aliphatic heterocycles. The van der Waals surface area contributed by atoms with E-state index in [0.717, 1.165) is 11.3 Å². The number of likely N-dealkylation sites (N-methyl/N-ethyl adjacent to an activating group) is 1. The van der Waals surface area contributed by atoms with Crippen LogP contribution in [0, 0.1) is 0 Å². The maximum absolute atomic E-state index is 13.1. The molecule has 3 heterocycles.